The lowest BCUT2D eigenvalue weighted by Gasteiger charge is -2.26. The van der Waals surface area contributed by atoms with Crippen molar-refractivity contribution in [2.45, 2.75) is 33.1 Å². The smallest absolute Gasteiger partial charge is 0.307 e. The van der Waals surface area contributed by atoms with Crippen molar-refractivity contribution >= 4 is 24.3 Å². The fraction of sp³-hybridized carbons (Fsp3) is 0.333. The Kier molecular flexibility index (Phi) is 8.18. The van der Waals surface area contributed by atoms with Crippen molar-refractivity contribution in [1.82, 2.24) is 9.80 Å². The van der Waals surface area contributed by atoms with Crippen molar-refractivity contribution in [3.8, 4) is 5.75 Å². The lowest BCUT2D eigenvalue weighted by Crippen LogP contribution is -2.24. The van der Waals surface area contributed by atoms with E-state index in [0.717, 1.165) is 49.5 Å². The summed E-state index contributed by atoms with van der Waals surface area (Å²) in [5.41, 5.74) is 1.98. The lowest BCUT2D eigenvalue weighted by molar-refractivity contribution is -0.387. The van der Waals surface area contributed by atoms with E-state index in [2.05, 4.69) is 63.9 Å². The topological polar surface area (TPSA) is 95.6 Å². The van der Waals surface area contributed by atoms with E-state index < -0.39 is 16.4 Å². The summed E-state index contributed by atoms with van der Waals surface area (Å²) in [6, 6.07) is 2.06. The van der Waals surface area contributed by atoms with Gasteiger partial charge in [0.15, 0.2) is 0 Å². The molecule has 0 atom stereocenters. The zero-order chi connectivity index (χ0) is 24.7. The third-order valence-corrected chi connectivity index (χ3v) is 5.44. The van der Waals surface area contributed by atoms with Crippen LogP contribution in [-0.2, 0) is 0 Å². The number of hydrogen-bond acceptors (Lipinski definition) is 8. The largest absolute Gasteiger partial charge is 0.494 e. The minimum atomic E-state index is -0.964. The highest BCUT2D eigenvalue weighted by Crippen LogP contribution is 2.40. The maximum Gasteiger partial charge on any atom is 0.307 e. The molecule has 0 saturated carbocycles. The first-order chi connectivity index (χ1) is 16.5. The van der Waals surface area contributed by atoms with Crippen LogP contribution in [0.25, 0.3) is 0 Å². The fourth-order valence-corrected chi connectivity index (χ4v) is 3.97. The van der Waals surface area contributed by atoms with Gasteiger partial charge in [-0.15, -0.1) is 0 Å². The number of ether oxygens (including phenoxy) is 1. The number of methoxy groups -OCH3 is 1. The maximum absolute atomic E-state index is 13.8. The number of aliphatic imine (C=N–C) groups is 2. The zero-order valence-electron chi connectivity index (χ0n) is 19.6. The van der Waals surface area contributed by atoms with Gasteiger partial charge in [-0.05, 0) is 51.1 Å². The quantitative estimate of drug-likeness (QED) is 0.289. The van der Waals surface area contributed by atoms with Gasteiger partial charge >= 0.3 is 5.69 Å². The number of nitrogens with zero attached hydrogens (tertiary/aromatic N) is 5. The molecule has 1 aromatic carbocycles. The highest BCUT2D eigenvalue weighted by Gasteiger charge is 2.34. The van der Waals surface area contributed by atoms with Gasteiger partial charge in [0.25, 0.3) is 0 Å². The Labute approximate surface area is 198 Å². The van der Waals surface area contributed by atoms with Gasteiger partial charge in [-0.1, -0.05) is 13.0 Å². The highest BCUT2D eigenvalue weighted by molar-refractivity contribution is 5.73. The zero-order valence-corrected chi connectivity index (χ0v) is 19.6. The lowest BCUT2D eigenvalue weighted by atomic mass is 10.1. The molecular weight excluding hydrogens is 439 g/mol. The summed E-state index contributed by atoms with van der Waals surface area (Å²) in [5.74, 6) is 0.870. The Morgan fingerprint density at radius 1 is 1.41 bits per heavy atom. The molecule has 0 amide bonds. The van der Waals surface area contributed by atoms with Gasteiger partial charge in [0, 0.05) is 30.6 Å². The standard InChI is InChI=1S/C24H29FN6O3/c1-5-9-24-29(6-2)19-10-7-8-11-20(19)30(24)23(26-3)12-13-27-16-28-18-15-21(31(32)33)17(25)14-22(18)34-4/h8-9,11-15,28H,3,5-7,10,16H2,1-2,4H3/b23-12+,24-9-,27-13-. The Morgan fingerprint density at radius 2 is 2.21 bits per heavy atom. The molecule has 0 saturated heterocycles. The molecule has 0 bridgehead atoms. The van der Waals surface area contributed by atoms with Crippen molar-refractivity contribution in [2.75, 3.05) is 25.6 Å². The van der Waals surface area contributed by atoms with E-state index in [1.165, 1.54) is 12.8 Å². The van der Waals surface area contributed by atoms with Crippen LogP contribution in [0.1, 0.15) is 33.1 Å². The summed E-state index contributed by atoms with van der Waals surface area (Å²) < 4.78 is 18.9. The molecule has 34 heavy (non-hydrogen) atoms. The molecule has 0 fully saturated rings. The van der Waals surface area contributed by atoms with Gasteiger partial charge < -0.3 is 15.0 Å². The third-order valence-electron chi connectivity index (χ3n) is 5.44. The van der Waals surface area contributed by atoms with Crippen LogP contribution >= 0.6 is 0 Å². The van der Waals surface area contributed by atoms with E-state index in [1.54, 1.807) is 12.3 Å². The van der Waals surface area contributed by atoms with Gasteiger partial charge in [-0.3, -0.25) is 20.0 Å². The number of nitro benzene ring substituents is 1. The van der Waals surface area contributed by atoms with Gasteiger partial charge in [0.2, 0.25) is 5.82 Å². The third kappa shape index (κ3) is 5.00. The van der Waals surface area contributed by atoms with Gasteiger partial charge in [-0.2, -0.15) is 4.39 Å². The van der Waals surface area contributed by atoms with Crippen LogP contribution in [-0.4, -0.2) is 48.0 Å². The van der Waals surface area contributed by atoms with E-state index in [9.17, 15) is 14.5 Å². The molecular formula is C24H29FN6O3. The van der Waals surface area contributed by atoms with Gasteiger partial charge in [0.1, 0.15) is 24.1 Å². The van der Waals surface area contributed by atoms with E-state index >= 15 is 0 Å². The van der Waals surface area contributed by atoms with Crippen LogP contribution in [0.15, 0.2) is 69.5 Å². The molecule has 3 rings (SSSR count). The van der Waals surface area contributed by atoms with E-state index in [-0.39, 0.29) is 18.1 Å². The molecule has 180 valence electrons. The molecule has 9 nitrogen and oxygen atoms in total. The first-order valence-corrected chi connectivity index (χ1v) is 11.1. The van der Waals surface area contributed by atoms with Crippen molar-refractivity contribution < 1.29 is 14.1 Å². The van der Waals surface area contributed by atoms with Crippen LogP contribution in [0.4, 0.5) is 15.8 Å². The first kappa shape index (κ1) is 24.7. The van der Waals surface area contributed by atoms with E-state index in [0.29, 0.717) is 5.82 Å². The van der Waals surface area contributed by atoms with Gasteiger partial charge in [0.05, 0.1) is 23.4 Å². The first-order valence-electron chi connectivity index (χ1n) is 11.1. The monoisotopic (exact) mass is 468 g/mol. The Hall–Kier alpha value is -3.95. The van der Waals surface area contributed by atoms with Gasteiger partial charge in [-0.25, -0.2) is 4.99 Å². The summed E-state index contributed by atoms with van der Waals surface area (Å²) in [6.07, 6.45) is 12.6. The second-order valence-corrected chi connectivity index (χ2v) is 7.43. The fourth-order valence-electron chi connectivity index (χ4n) is 3.97. The number of hydrogen-bond donors (Lipinski definition) is 1. The number of benzene rings is 1. The molecule has 0 radical (unpaired) electrons. The predicted molar refractivity (Wildman–Crippen MR) is 132 cm³/mol. The maximum atomic E-state index is 13.8. The summed E-state index contributed by atoms with van der Waals surface area (Å²) in [5, 5.41) is 13.9. The van der Waals surface area contributed by atoms with E-state index in [1.807, 2.05) is 0 Å². The number of anilines is 1. The van der Waals surface area contributed by atoms with Crippen molar-refractivity contribution in [2.24, 2.45) is 9.98 Å². The average molecular weight is 469 g/mol. The van der Waals surface area contributed by atoms with Crippen molar-refractivity contribution in [1.29, 1.82) is 0 Å². The number of nitro groups is 1. The van der Waals surface area contributed by atoms with Crippen molar-refractivity contribution in [3.05, 3.63) is 75.4 Å². The van der Waals surface area contributed by atoms with Crippen LogP contribution in [0.3, 0.4) is 0 Å². The summed E-state index contributed by atoms with van der Waals surface area (Å²) in [4.78, 5) is 23.2. The number of rotatable bonds is 10. The average Bonchev–Trinajstić information content (AvgIpc) is 3.14. The summed E-state index contributed by atoms with van der Waals surface area (Å²) >= 11 is 0. The van der Waals surface area contributed by atoms with Crippen molar-refractivity contribution in [3.63, 3.8) is 0 Å². The number of nitrogens with one attached hydrogen (secondary N) is 1. The SMILES string of the molecule is C=N/C(=C\C=N/CNc1cc([N+](=O)[O-])c(F)cc1OC)N1C2=C(CCC=C2)N(CC)/C1=C/CC. The van der Waals surface area contributed by atoms with Crippen LogP contribution in [0.2, 0.25) is 0 Å². The Bertz CT molecular complexity index is 1110. The van der Waals surface area contributed by atoms with E-state index in [4.69, 9.17) is 4.74 Å². The Morgan fingerprint density at radius 3 is 2.85 bits per heavy atom. The second kappa shape index (κ2) is 11.3. The summed E-state index contributed by atoms with van der Waals surface area (Å²) in [7, 11) is 1.36. The predicted octanol–water partition coefficient (Wildman–Crippen LogP) is 5.18. The number of allylic oxidation sites excluding steroid dienone is 5. The summed E-state index contributed by atoms with van der Waals surface area (Å²) in [6.45, 7) is 8.91. The molecule has 1 aliphatic heterocycles. The molecule has 0 unspecified atom stereocenters. The van der Waals surface area contributed by atoms with Crippen LogP contribution in [0.5, 0.6) is 5.75 Å². The molecule has 0 aromatic heterocycles. The van der Waals surface area contributed by atoms with Crippen LogP contribution < -0.4 is 10.1 Å². The molecule has 10 heteroatoms. The molecule has 1 aliphatic carbocycles. The number of halogens is 1. The normalized spacial score (nSPS) is 17.1. The molecule has 1 aromatic rings. The minimum Gasteiger partial charge on any atom is -0.494 e. The van der Waals surface area contributed by atoms with Crippen LogP contribution in [0, 0.1) is 15.9 Å². The highest BCUT2D eigenvalue weighted by atomic mass is 19.1. The minimum absolute atomic E-state index is 0.0899. The molecule has 0 spiro atoms. The molecule has 2 aliphatic rings. The molecule has 1 heterocycles. The molecule has 1 N–H and O–H groups in total. The Balaban J connectivity index is 1.80. The second-order valence-electron chi connectivity index (χ2n) is 7.43.